The molecule has 2 atom stereocenters. The van der Waals surface area contributed by atoms with Gasteiger partial charge in [-0.3, -0.25) is 0 Å². The first-order chi connectivity index (χ1) is 8.14. The van der Waals surface area contributed by atoms with E-state index in [0.717, 1.165) is 5.71 Å². The summed E-state index contributed by atoms with van der Waals surface area (Å²) in [6, 6.07) is 0. The van der Waals surface area contributed by atoms with Crippen LogP contribution in [0.3, 0.4) is 0 Å². The van der Waals surface area contributed by atoms with Crippen LogP contribution in [0.4, 0.5) is 0 Å². The molecule has 0 saturated carbocycles. The molecule has 0 amide bonds. The fourth-order valence-electron chi connectivity index (χ4n) is 1.23. The van der Waals surface area contributed by atoms with Crippen molar-refractivity contribution in [2.45, 2.75) is 53.8 Å². The molecule has 0 aliphatic rings. The molecule has 1 heterocycles. The van der Waals surface area contributed by atoms with Crippen molar-refractivity contribution >= 4 is 5.71 Å². The maximum absolute atomic E-state index is 9.64. The van der Waals surface area contributed by atoms with Gasteiger partial charge in [0, 0.05) is 11.1 Å². The molecule has 102 valence electrons. The summed E-state index contributed by atoms with van der Waals surface area (Å²) in [5.74, 6) is 0.656. The van der Waals surface area contributed by atoms with Gasteiger partial charge in [-0.05, 0) is 20.8 Å². The number of hydrogen-bond donors (Lipinski definition) is 2. The predicted molar refractivity (Wildman–Crippen MR) is 69.3 cm³/mol. The highest BCUT2D eigenvalue weighted by molar-refractivity contribution is 5.86. The number of aliphatic hydroxyl groups excluding tert-OH is 2. The minimum atomic E-state index is -0.790. The van der Waals surface area contributed by atoms with Gasteiger partial charge in [0.05, 0.1) is 0 Å². The van der Waals surface area contributed by atoms with Gasteiger partial charge in [-0.25, -0.2) is 0 Å². The highest BCUT2D eigenvalue weighted by atomic mass is 16.3. The summed E-state index contributed by atoms with van der Waals surface area (Å²) in [5.41, 5.74) is 0.766. The lowest BCUT2D eigenvalue weighted by Crippen LogP contribution is -2.20. The van der Waals surface area contributed by atoms with Crippen LogP contribution in [0.5, 0.6) is 0 Å². The topological polar surface area (TPSA) is 83.5 Å². The van der Waals surface area contributed by atoms with Gasteiger partial charge in [-0.1, -0.05) is 20.8 Å². The summed E-state index contributed by atoms with van der Waals surface area (Å²) in [4.78, 5) is 0. The lowest BCUT2D eigenvalue weighted by Gasteiger charge is -2.19. The zero-order valence-electron chi connectivity index (χ0n) is 11.8. The molecule has 18 heavy (non-hydrogen) atoms. The van der Waals surface area contributed by atoms with E-state index in [-0.39, 0.29) is 5.41 Å². The average molecular weight is 254 g/mol. The van der Waals surface area contributed by atoms with Gasteiger partial charge in [-0.2, -0.15) is 9.78 Å². The van der Waals surface area contributed by atoms with E-state index in [1.54, 1.807) is 13.8 Å². The molecule has 0 saturated heterocycles. The fourth-order valence-corrected chi connectivity index (χ4v) is 1.23. The molecule has 0 aromatic carbocycles. The molecule has 0 bridgehead atoms. The molecule has 1 rings (SSSR count). The summed E-state index contributed by atoms with van der Waals surface area (Å²) in [6.45, 7) is 11.2. The minimum absolute atomic E-state index is 0.101. The maximum atomic E-state index is 9.64. The Morgan fingerprint density at radius 2 is 1.50 bits per heavy atom. The molecular weight excluding hydrogens is 232 g/mol. The fraction of sp³-hybridized carbons (Fsp3) is 0.750. The molecule has 0 radical (unpaired) electrons. The summed E-state index contributed by atoms with van der Waals surface area (Å²) in [6.07, 6.45) is -1.58. The second-order valence-electron chi connectivity index (χ2n) is 5.52. The number of aromatic nitrogens is 3. The SMILES string of the molecule is C/C(=N/n1c([C@H](C)O)nnc1[C@@H](C)O)C(C)(C)C. The van der Waals surface area contributed by atoms with Crippen molar-refractivity contribution in [3.05, 3.63) is 11.6 Å². The minimum Gasteiger partial charge on any atom is -0.385 e. The third kappa shape index (κ3) is 3.14. The van der Waals surface area contributed by atoms with E-state index >= 15 is 0 Å². The third-order valence-corrected chi connectivity index (χ3v) is 2.77. The molecule has 0 spiro atoms. The Kier molecular flexibility index (Phi) is 4.24. The van der Waals surface area contributed by atoms with Gasteiger partial charge < -0.3 is 10.2 Å². The zero-order valence-corrected chi connectivity index (χ0v) is 11.8. The normalized spacial score (nSPS) is 16.8. The molecule has 0 fully saturated rings. The van der Waals surface area contributed by atoms with Crippen molar-refractivity contribution in [2.75, 3.05) is 0 Å². The Hall–Kier alpha value is -1.27. The maximum Gasteiger partial charge on any atom is 0.182 e. The second-order valence-corrected chi connectivity index (χ2v) is 5.52. The van der Waals surface area contributed by atoms with Crippen LogP contribution in [0.15, 0.2) is 5.10 Å². The molecule has 2 N–H and O–H groups in total. The molecule has 0 unspecified atom stereocenters. The van der Waals surface area contributed by atoms with E-state index in [2.05, 4.69) is 15.3 Å². The van der Waals surface area contributed by atoms with E-state index in [1.165, 1.54) is 4.68 Å². The Bertz CT molecular complexity index is 416. The van der Waals surface area contributed by atoms with Crippen LogP contribution < -0.4 is 0 Å². The summed E-state index contributed by atoms with van der Waals surface area (Å²) < 4.78 is 1.43. The highest BCUT2D eigenvalue weighted by Gasteiger charge is 2.21. The summed E-state index contributed by atoms with van der Waals surface area (Å²) >= 11 is 0. The Labute approximate surface area is 107 Å². The van der Waals surface area contributed by atoms with E-state index in [4.69, 9.17) is 0 Å². The van der Waals surface area contributed by atoms with E-state index in [9.17, 15) is 10.2 Å². The quantitative estimate of drug-likeness (QED) is 0.803. The van der Waals surface area contributed by atoms with Crippen molar-refractivity contribution in [1.82, 2.24) is 14.9 Å². The van der Waals surface area contributed by atoms with Gasteiger partial charge in [-0.15, -0.1) is 10.2 Å². The molecule has 6 nitrogen and oxygen atoms in total. The average Bonchev–Trinajstić information content (AvgIpc) is 2.59. The molecule has 6 heteroatoms. The lowest BCUT2D eigenvalue weighted by molar-refractivity contribution is 0.173. The highest BCUT2D eigenvalue weighted by Crippen LogP contribution is 2.20. The monoisotopic (exact) mass is 254 g/mol. The lowest BCUT2D eigenvalue weighted by atomic mass is 9.91. The van der Waals surface area contributed by atoms with Crippen LogP contribution in [-0.2, 0) is 0 Å². The van der Waals surface area contributed by atoms with Crippen LogP contribution in [-0.4, -0.2) is 30.8 Å². The van der Waals surface area contributed by atoms with Gasteiger partial charge in [0.1, 0.15) is 12.2 Å². The Morgan fingerprint density at radius 1 is 1.11 bits per heavy atom. The number of aliphatic hydroxyl groups is 2. The smallest absolute Gasteiger partial charge is 0.182 e. The van der Waals surface area contributed by atoms with Crippen molar-refractivity contribution < 1.29 is 10.2 Å². The number of rotatable bonds is 3. The van der Waals surface area contributed by atoms with Gasteiger partial charge in [0.25, 0.3) is 0 Å². The first-order valence-electron chi connectivity index (χ1n) is 6.02. The first kappa shape index (κ1) is 14.8. The van der Waals surface area contributed by atoms with E-state index < -0.39 is 12.2 Å². The largest absolute Gasteiger partial charge is 0.385 e. The van der Waals surface area contributed by atoms with Crippen LogP contribution in [0.25, 0.3) is 0 Å². The Balaban J connectivity index is 3.33. The van der Waals surface area contributed by atoms with Crippen molar-refractivity contribution in [3.63, 3.8) is 0 Å². The van der Waals surface area contributed by atoms with Gasteiger partial charge in [0.2, 0.25) is 0 Å². The van der Waals surface area contributed by atoms with E-state index in [0.29, 0.717) is 11.6 Å². The molecular formula is C12H22N4O2. The molecule has 1 aromatic rings. The van der Waals surface area contributed by atoms with Crippen LogP contribution in [0.2, 0.25) is 0 Å². The van der Waals surface area contributed by atoms with Crippen molar-refractivity contribution in [2.24, 2.45) is 10.5 Å². The molecule has 1 aromatic heterocycles. The zero-order chi connectivity index (χ0) is 14.1. The number of hydrogen-bond acceptors (Lipinski definition) is 5. The van der Waals surface area contributed by atoms with Crippen LogP contribution >= 0.6 is 0 Å². The van der Waals surface area contributed by atoms with Crippen LogP contribution in [0.1, 0.15) is 65.4 Å². The summed E-state index contributed by atoms with van der Waals surface area (Å²) in [7, 11) is 0. The van der Waals surface area contributed by atoms with Crippen LogP contribution in [0, 0.1) is 5.41 Å². The second kappa shape index (κ2) is 5.16. The first-order valence-corrected chi connectivity index (χ1v) is 6.02. The standard InChI is InChI=1S/C12H22N4O2/c1-7(17)10-13-14-11(8(2)18)16(10)15-9(3)12(4,5)6/h7-8,17-18H,1-6H3/b15-9-/t7-,8+. The van der Waals surface area contributed by atoms with Gasteiger partial charge in [0.15, 0.2) is 11.6 Å². The van der Waals surface area contributed by atoms with E-state index in [1.807, 2.05) is 27.7 Å². The summed E-state index contributed by atoms with van der Waals surface area (Å²) in [5, 5.41) is 31.4. The Morgan fingerprint density at radius 3 is 1.78 bits per heavy atom. The third-order valence-electron chi connectivity index (χ3n) is 2.77. The van der Waals surface area contributed by atoms with Crippen molar-refractivity contribution in [1.29, 1.82) is 0 Å². The molecule has 0 aliphatic heterocycles. The van der Waals surface area contributed by atoms with Crippen molar-refractivity contribution in [3.8, 4) is 0 Å². The number of nitrogens with zero attached hydrogens (tertiary/aromatic N) is 4. The molecule has 0 aliphatic carbocycles. The predicted octanol–water partition coefficient (Wildman–Crippen LogP) is 1.65. The van der Waals surface area contributed by atoms with Gasteiger partial charge >= 0.3 is 0 Å².